The molecule has 0 radical (unpaired) electrons. The fraction of sp³-hybridized carbons (Fsp3) is 0.130. The standard InChI is InChI=1S/C23H14N2O4/c26-20-13-5-1-2-6-14(13)21(27)18(20)17(12-9-10-24-25-11-12)19-22(28)15-7-3-4-8-16(15)23(19)29/h1-11,17-19H. The first kappa shape index (κ1) is 17.3. The average Bonchev–Trinajstić information content (AvgIpc) is 3.16. The van der Waals surface area contributed by atoms with Gasteiger partial charge in [-0.05, 0) is 11.6 Å². The van der Waals surface area contributed by atoms with Gasteiger partial charge in [0.05, 0.1) is 18.0 Å². The number of fused-ring (bicyclic) bond motifs is 2. The molecule has 140 valence electrons. The summed E-state index contributed by atoms with van der Waals surface area (Å²) in [6.07, 6.45) is 2.84. The zero-order chi connectivity index (χ0) is 20.1. The summed E-state index contributed by atoms with van der Waals surface area (Å²) in [5.41, 5.74) is 1.77. The second kappa shape index (κ2) is 6.38. The van der Waals surface area contributed by atoms with Gasteiger partial charge in [-0.1, -0.05) is 48.5 Å². The van der Waals surface area contributed by atoms with E-state index in [1.807, 2.05) is 0 Å². The van der Waals surface area contributed by atoms with Crippen molar-refractivity contribution in [3.05, 3.63) is 94.8 Å². The van der Waals surface area contributed by atoms with Crippen LogP contribution in [0.2, 0.25) is 0 Å². The van der Waals surface area contributed by atoms with Crippen molar-refractivity contribution in [3.63, 3.8) is 0 Å². The first-order chi connectivity index (χ1) is 14.1. The van der Waals surface area contributed by atoms with Crippen LogP contribution in [0.1, 0.15) is 52.9 Å². The van der Waals surface area contributed by atoms with Crippen LogP contribution in [0.4, 0.5) is 0 Å². The third-order valence-electron chi connectivity index (χ3n) is 5.76. The van der Waals surface area contributed by atoms with Gasteiger partial charge in [-0.2, -0.15) is 10.2 Å². The number of nitrogens with zero attached hydrogens (tertiary/aromatic N) is 2. The number of benzene rings is 2. The van der Waals surface area contributed by atoms with Gasteiger partial charge in [0.15, 0.2) is 23.1 Å². The van der Waals surface area contributed by atoms with Crippen molar-refractivity contribution in [2.75, 3.05) is 0 Å². The summed E-state index contributed by atoms with van der Waals surface area (Å²) in [4.78, 5) is 52.7. The van der Waals surface area contributed by atoms with Gasteiger partial charge in [-0.25, -0.2) is 0 Å². The quantitative estimate of drug-likeness (QED) is 0.647. The molecule has 0 saturated carbocycles. The Morgan fingerprint density at radius 1 is 0.586 bits per heavy atom. The Bertz CT molecular complexity index is 1060. The van der Waals surface area contributed by atoms with Crippen LogP contribution in [0.3, 0.4) is 0 Å². The lowest BCUT2D eigenvalue weighted by molar-refractivity contribution is 0.0728. The molecule has 2 aliphatic rings. The molecule has 0 unspecified atom stereocenters. The molecule has 2 aromatic carbocycles. The topological polar surface area (TPSA) is 94.1 Å². The van der Waals surface area contributed by atoms with Gasteiger partial charge in [0, 0.05) is 34.4 Å². The third-order valence-corrected chi connectivity index (χ3v) is 5.76. The number of rotatable bonds is 3. The van der Waals surface area contributed by atoms with Crippen molar-refractivity contribution in [2.24, 2.45) is 11.8 Å². The fourth-order valence-corrected chi connectivity index (χ4v) is 4.46. The van der Waals surface area contributed by atoms with E-state index in [2.05, 4.69) is 10.2 Å². The summed E-state index contributed by atoms with van der Waals surface area (Å²) in [6, 6.07) is 14.8. The third kappa shape index (κ3) is 2.42. The minimum Gasteiger partial charge on any atom is -0.293 e. The van der Waals surface area contributed by atoms with Crippen molar-refractivity contribution in [3.8, 4) is 0 Å². The Hall–Kier alpha value is -3.80. The summed E-state index contributed by atoms with van der Waals surface area (Å²) in [5, 5.41) is 7.60. The molecule has 0 atom stereocenters. The van der Waals surface area contributed by atoms with E-state index in [9.17, 15) is 19.2 Å². The highest BCUT2D eigenvalue weighted by Gasteiger charge is 2.53. The van der Waals surface area contributed by atoms with Crippen LogP contribution in [0, 0.1) is 11.8 Å². The number of aromatic nitrogens is 2. The maximum absolute atomic E-state index is 13.2. The summed E-state index contributed by atoms with van der Waals surface area (Å²) in [7, 11) is 0. The average molecular weight is 382 g/mol. The van der Waals surface area contributed by atoms with E-state index in [1.165, 1.54) is 12.4 Å². The summed E-state index contributed by atoms with van der Waals surface area (Å²) >= 11 is 0. The maximum Gasteiger partial charge on any atom is 0.175 e. The van der Waals surface area contributed by atoms with Gasteiger partial charge in [-0.3, -0.25) is 19.2 Å². The minimum absolute atomic E-state index is 0.324. The van der Waals surface area contributed by atoms with E-state index < -0.39 is 17.8 Å². The molecular formula is C23H14N2O4. The largest absolute Gasteiger partial charge is 0.293 e. The highest BCUT2D eigenvalue weighted by molar-refractivity contribution is 6.30. The van der Waals surface area contributed by atoms with Crippen molar-refractivity contribution in [1.29, 1.82) is 0 Å². The van der Waals surface area contributed by atoms with E-state index in [4.69, 9.17) is 0 Å². The molecular weight excluding hydrogens is 368 g/mol. The first-order valence-corrected chi connectivity index (χ1v) is 9.21. The molecule has 5 rings (SSSR count). The Morgan fingerprint density at radius 2 is 1.00 bits per heavy atom. The van der Waals surface area contributed by atoms with E-state index in [0.717, 1.165) is 0 Å². The zero-order valence-electron chi connectivity index (χ0n) is 15.1. The minimum atomic E-state index is -1.15. The predicted octanol–water partition coefficient (Wildman–Crippen LogP) is 2.95. The monoisotopic (exact) mass is 382 g/mol. The fourth-order valence-electron chi connectivity index (χ4n) is 4.46. The van der Waals surface area contributed by atoms with Crippen LogP contribution in [-0.2, 0) is 0 Å². The molecule has 0 N–H and O–H groups in total. The molecule has 3 aromatic rings. The molecule has 0 spiro atoms. The number of hydrogen-bond acceptors (Lipinski definition) is 6. The van der Waals surface area contributed by atoms with Gasteiger partial charge in [0.2, 0.25) is 0 Å². The SMILES string of the molecule is O=C1c2ccccc2C(=O)C1C(c1ccnnc1)C1C(=O)c2ccccc2C1=O. The van der Waals surface area contributed by atoms with Gasteiger partial charge in [0.25, 0.3) is 0 Å². The van der Waals surface area contributed by atoms with Crippen LogP contribution in [0.15, 0.2) is 67.0 Å². The number of carbonyl (C=O) groups excluding carboxylic acids is 4. The van der Waals surface area contributed by atoms with Crippen LogP contribution in [0.25, 0.3) is 0 Å². The number of carbonyl (C=O) groups is 4. The molecule has 0 saturated heterocycles. The van der Waals surface area contributed by atoms with Crippen LogP contribution in [0.5, 0.6) is 0 Å². The molecule has 6 heteroatoms. The lowest BCUT2D eigenvalue weighted by Gasteiger charge is -2.25. The summed E-state index contributed by atoms with van der Waals surface area (Å²) in [5.74, 6) is -4.72. The van der Waals surface area contributed by atoms with Crippen LogP contribution >= 0.6 is 0 Å². The predicted molar refractivity (Wildman–Crippen MR) is 102 cm³/mol. The van der Waals surface area contributed by atoms with Crippen molar-refractivity contribution >= 4 is 23.1 Å². The summed E-state index contributed by atoms with van der Waals surface area (Å²) in [6.45, 7) is 0. The highest BCUT2D eigenvalue weighted by Crippen LogP contribution is 2.45. The van der Waals surface area contributed by atoms with Gasteiger partial charge >= 0.3 is 0 Å². The molecule has 0 bridgehead atoms. The lowest BCUT2D eigenvalue weighted by Crippen LogP contribution is -2.34. The number of ketones is 4. The highest BCUT2D eigenvalue weighted by atomic mass is 16.2. The maximum atomic E-state index is 13.2. The molecule has 29 heavy (non-hydrogen) atoms. The van der Waals surface area contributed by atoms with Crippen LogP contribution < -0.4 is 0 Å². The smallest absolute Gasteiger partial charge is 0.175 e. The Labute approximate surface area is 165 Å². The van der Waals surface area contributed by atoms with Gasteiger partial charge in [0.1, 0.15) is 0 Å². The molecule has 0 aliphatic heterocycles. The second-order valence-corrected chi connectivity index (χ2v) is 7.21. The van der Waals surface area contributed by atoms with Gasteiger partial charge in [-0.15, -0.1) is 0 Å². The van der Waals surface area contributed by atoms with Crippen molar-refractivity contribution < 1.29 is 19.2 Å². The molecule has 0 fully saturated rings. The van der Waals surface area contributed by atoms with E-state index >= 15 is 0 Å². The van der Waals surface area contributed by atoms with Gasteiger partial charge < -0.3 is 0 Å². The Morgan fingerprint density at radius 3 is 1.34 bits per heavy atom. The second-order valence-electron chi connectivity index (χ2n) is 7.21. The number of Topliss-reactive ketones (excluding diaryl/α,β-unsaturated/α-hetero) is 4. The van der Waals surface area contributed by atoms with E-state index in [1.54, 1.807) is 54.6 Å². The van der Waals surface area contributed by atoms with Crippen LogP contribution in [-0.4, -0.2) is 33.3 Å². The lowest BCUT2D eigenvalue weighted by atomic mass is 9.73. The molecule has 2 aliphatic carbocycles. The summed E-state index contributed by atoms with van der Waals surface area (Å²) < 4.78 is 0. The Kier molecular flexibility index (Phi) is 3.81. The first-order valence-electron chi connectivity index (χ1n) is 9.21. The van der Waals surface area contributed by atoms with Crippen molar-refractivity contribution in [2.45, 2.75) is 5.92 Å². The normalized spacial score (nSPS) is 16.6. The molecule has 1 heterocycles. The molecule has 6 nitrogen and oxygen atoms in total. The number of hydrogen-bond donors (Lipinski definition) is 0. The molecule has 0 amide bonds. The van der Waals surface area contributed by atoms with Crippen molar-refractivity contribution in [1.82, 2.24) is 10.2 Å². The zero-order valence-corrected chi connectivity index (χ0v) is 15.1. The van der Waals surface area contributed by atoms with E-state index in [-0.39, 0.29) is 23.1 Å². The molecule has 1 aromatic heterocycles. The van der Waals surface area contributed by atoms with E-state index in [0.29, 0.717) is 27.8 Å². The Balaban J connectivity index is 1.68.